The lowest BCUT2D eigenvalue weighted by molar-refractivity contribution is 0.102. The molecule has 0 saturated carbocycles. The molecule has 0 spiro atoms. The Balaban J connectivity index is 1.63. The number of nitrogens with one attached hydrogen (secondary N) is 1. The molecule has 0 radical (unpaired) electrons. The van der Waals surface area contributed by atoms with Crippen molar-refractivity contribution >= 4 is 43.3 Å². The molecule has 0 bridgehead atoms. The van der Waals surface area contributed by atoms with Crippen LogP contribution in [0.5, 0.6) is 5.75 Å². The Morgan fingerprint density at radius 3 is 2.58 bits per heavy atom. The molecule has 2 aromatic carbocycles. The lowest BCUT2D eigenvalue weighted by Gasteiger charge is -2.11. The van der Waals surface area contributed by atoms with Gasteiger partial charge in [-0.25, -0.2) is 17.7 Å². The summed E-state index contributed by atoms with van der Waals surface area (Å²) < 4.78 is 33.8. The number of para-hydroxylation sites is 1. The predicted molar refractivity (Wildman–Crippen MR) is 128 cm³/mol. The first-order chi connectivity index (χ1) is 15.7. The molecule has 1 N–H and O–H groups in total. The van der Waals surface area contributed by atoms with E-state index in [0.29, 0.717) is 34.6 Å². The number of sulfonamides is 1. The van der Waals surface area contributed by atoms with Gasteiger partial charge < -0.3 is 10.1 Å². The number of aryl methyl sites for hydroxylation is 1. The van der Waals surface area contributed by atoms with Gasteiger partial charge in [0.1, 0.15) is 17.1 Å². The van der Waals surface area contributed by atoms with E-state index in [1.54, 1.807) is 10.7 Å². The van der Waals surface area contributed by atoms with Crippen LogP contribution in [0.1, 0.15) is 23.0 Å². The number of benzene rings is 2. The zero-order chi connectivity index (χ0) is 23.8. The number of amides is 1. The molecule has 0 aliphatic carbocycles. The number of aromatic nitrogens is 3. The summed E-state index contributed by atoms with van der Waals surface area (Å²) >= 11 is 1.43. The van der Waals surface area contributed by atoms with Crippen LogP contribution in [0.2, 0.25) is 0 Å². The molecule has 0 unspecified atom stereocenters. The molecular weight excluding hydrogens is 462 g/mol. The molecule has 172 valence electrons. The van der Waals surface area contributed by atoms with E-state index in [2.05, 4.69) is 15.4 Å². The third-order valence-electron chi connectivity index (χ3n) is 4.82. The number of nitrogens with zero attached hydrogens (tertiary/aromatic N) is 4. The van der Waals surface area contributed by atoms with E-state index in [9.17, 15) is 13.2 Å². The van der Waals surface area contributed by atoms with Gasteiger partial charge in [-0.1, -0.05) is 17.4 Å². The van der Waals surface area contributed by atoms with Crippen molar-refractivity contribution < 1.29 is 17.9 Å². The van der Waals surface area contributed by atoms with Gasteiger partial charge in [0.2, 0.25) is 15.2 Å². The predicted octanol–water partition coefficient (Wildman–Crippen LogP) is 3.69. The summed E-state index contributed by atoms with van der Waals surface area (Å²) in [4.78, 5) is 17.7. The maximum Gasteiger partial charge on any atom is 0.256 e. The van der Waals surface area contributed by atoms with Crippen LogP contribution in [0.4, 0.5) is 5.82 Å². The summed E-state index contributed by atoms with van der Waals surface area (Å²) in [6.45, 7) is 4.27. The summed E-state index contributed by atoms with van der Waals surface area (Å²) in [6.07, 6.45) is 0. The summed E-state index contributed by atoms with van der Waals surface area (Å²) in [5, 5.41) is 7.93. The van der Waals surface area contributed by atoms with E-state index in [1.165, 1.54) is 49.7 Å². The van der Waals surface area contributed by atoms with Crippen LogP contribution in [-0.2, 0) is 10.0 Å². The van der Waals surface area contributed by atoms with E-state index in [0.717, 1.165) is 14.5 Å². The van der Waals surface area contributed by atoms with Crippen LogP contribution in [0, 0.1) is 6.92 Å². The van der Waals surface area contributed by atoms with Crippen molar-refractivity contribution in [1.29, 1.82) is 0 Å². The molecule has 9 nitrogen and oxygen atoms in total. The van der Waals surface area contributed by atoms with E-state index in [-0.39, 0.29) is 10.8 Å². The topological polar surface area (TPSA) is 106 Å². The highest BCUT2D eigenvalue weighted by molar-refractivity contribution is 7.89. The van der Waals surface area contributed by atoms with Gasteiger partial charge in [-0.05, 0) is 50.2 Å². The average Bonchev–Trinajstić information content (AvgIpc) is 3.37. The molecule has 4 rings (SSSR count). The highest BCUT2D eigenvalue weighted by Crippen LogP contribution is 2.32. The molecule has 0 aliphatic rings. The van der Waals surface area contributed by atoms with E-state index in [4.69, 9.17) is 4.74 Å². The van der Waals surface area contributed by atoms with Crippen molar-refractivity contribution in [2.45, 2.75) is 18.7 Å². The summed E-state index contributed by atoms with van der Waals surface area (Å²) in [5.74, 6) is 0.764. The Kier molecular flexibility index (Phi) is 6.19. The van der Waals surface area contributed by atoms with Gasteiger partial charge in [0.25, 0.3) is 5.91 Å². The maximum absolute atomic E-state index is 12.9. The van der Waals surface area contributed by atoms with Crippen LogP contribution < -0.4 is 10.1 Å². The Morgan fingerprint density at radius 2 is 1.91 bits per heavy atom. The number of hydrogen-bond donors (Lipinski definition) is 1. The van der Waals surface area contributed by atoms with Crippen LogP contribution in [-0.4, -0.2) is 54.1 Å². The van der Waals surface area contributed by atoms with Crippen molar-refractivity contribution in [3.8, 4) is 10.9 Å². The molecule has 0 aliphatic heterocycles. The smallest absolute Gasteiger partial charge is 0.256 e. The highest BCUT2D eigenvalue weighted by atomic mass is 32.2. The van der Waals surface area contributed by atoms with E-state index in [1.807, 2.05) is 32.0 Å². The van der Waals surface area contributed by atoms with Crippen molar-refractivity contribution in [3.05, 3.63) is 59.8 Å². The maximum atomic E-state index is 12.9. The molecule has 1 amide bonds. The van der Waals surface area contributed by atoms with Crippen molar-refractivity contribution in [2.24, 2.45) is 0 Å². The van der Waals surface area contributed by atoms with Crippen LogP contribution in [0.3, 0.4) is 0 Å². The third kappa shape index (κ3) is 4.47. The number of ether oxygens (including phenoxy) is 1. The first kappa shape index (κ1) is 22.9. The summed E-state index contributed by atoms with van der Waals surface area (Å²) in [5.41, 5.74) is 1.77. The zero-order valence-corrected chi connectivity index (χ0v) is 20.2. The Labute approximate surface area is 195 Å². The number of fused-ring (bicyclic) bond motifs is 1. The van der Waals surface area contributed by atoms with E-state index < -0.39 is 10.0 Å². The molecule has 2 aromatic heterocycles. The number of rotatable bonds is 7. The molecule has 0 atom stereocenters. The van der Waals surface area contributed by atoms with Gasteiger partial charge in [0.05, 0.1) is 21.9 Å². The second-order valence-electron chi connectivity index (χ2n) is 7.38. The lowest BCUT2D eigenvalue weighted by Crippen LogP contribution is -2.22. The average molecular weight is 486 g/mol. The Bertz CT molecular complexity index is 1420. The summed E-state index contributed by atoms with van der Waals surface area (Å²) in [6, 6.07) is 13.3. The van der Waals surface area contributed by atoms with Gasteiger partial charge in [0.15, 0.2) is 0 Å². The number of thiazole rings is 1. The Hall–Kier alpha value is -3.28. The molecule has 2 heterocycles. The van der Waals surface area contributed by atoms with Gasteiger partial charge >= 0.3 is 0 Å². The highest BCUT2D eigenvalue weighted by Gasteiger charge is 2.19. The quantitative estimate of drug-likeness (QED) is 0.428. The zero-order valence-electron chi connectivity index (χ0n) is 18.6. The third-order valence-corrected chi connectivity index (χ3v) is 7.65. The largest absolute Gasteiger partial charge is 0.492 e. The Morgan fingerprint density at radius 1 is 1.18 bits per heavy atom. The second kappa shape index (κ2) is 8.93. The second-order valence-corrected chi connectivity index (χ2v) is 10.5. The SMILES string of the molecule is CCOc1cccc2sc(-n3nc(C)cc3NC(=O)c3ccc(S(=O)(=O)N(C)C)cc3)nc12. The van der Waals surface area contributed by atoms with Gasteiger partial charge in [-0.3, -0.25) is 4.79 Å². The van der Waals surface area contributed by atoms with Crippen molar-refractivity contribution in [3.63, 3.8) is 0 Å². The molecular formula is C22H23N5O4S2. The molecule has 33 heavy (non-hydrogen) atoms. The van der Waals surface area contributed by atoms with Crippen LogP contribution in [0.25, 0.3) is 15.3 Å². The van der Waals surface area contributed by atoms with Gasteiger partial charge in [-0.15, -0.1) is 0 Å². The molecule has 0 saturated heterocycles. The minimum Gasteiger partial charge on any atom is -0.492 e. The first-order valence-corrected chi connectivity index (χ1v) is 12.4. The van der Waals surface area contributed by atoms with Crippen LogP contribution in [0.15, 0.2) is 53.4 Å². The number of hydrogen-bond acceptors (Lipinski definition) is 7. The minimum absolute atomic E-state index is 0.115. The normalized spacial score (nSPS) is 11.8. The molecule has 11 heteroatoms. The number of carbonyl (C=O) groups excluding carboxylic acids is 1. The van der Waals surface area contributed by atoms with E-state index >= 15 is 0 Å². The standard InChI is InChI=1S/C22H23N5O4S2/c1-5-31-17-7-6-8-18-20(17)24-22(32-18)27-19(13-14(2)25-27)23-21(28)15-9-11-16(12-10-15)33(29,30)26(3)4/h6-13H,5H2,1-4H3,(H,23,28). The fraction of sp³-hybridized carbons (Fsp3) is 0.227. The van der Waals surface area contributed by atoms with Crippen molar-refractivity contribution in [1.82, 2.24) is 19.1 Å². The monoisotopic (exact) mass is 485 g/mol. The minimum atomic E-state index is -3.57. The van der Waals surface area contributed by atoms with Crippen molar-refractivity contribution in [2.75, 3.05) is 26.0 Å². The lowest BCUT2D eigenvalue weighted by atomic mass is 10.2. The first-order valence-electron chi connectivity index (χ1n) is 10.1. The summed E-state index contributed by atoms with van der Waals surface area (Å²) in [7, 11) is -0.654. The number of anilines is 1. The fourth-order valence-corrected chi connectivity index (χ4v) is 5.04. The van der Waals surface area contributed by atoms with Crippen LogP contribution >= 0.6 is 11.3 Å². The molecule has 4 aromatic rings. The van der Waals surface area contributed by atoms with Gasteiger partial charge in [-0.2, -0.15) is 9.78 Å². The number of carbonyl (C=O) groups is 1. The van der Waals surface area contributed by atoms with Gasteiger partial charge in [0, 0.05) is 25.7 Å². The fourth-order valence-electron chi connectivity index (χ4n) is 3.19. The molecule has 0 fully saturated rings.